The van der Waals surface area contributed by atoms with E-state index in [4.69, 9.17) is 9.47 Å². The summed E-state index contributed by atoms with van der Waals surface area (Å²) in [5.41, 5.74) is -3.18. The molecule has 0 radical (unpaired) electrons. The molecule has 0 saturated heterocycles. The normalized spacial score (nSPS) is 38.0. The number of carbonyl (C=O) groups excluding carboxylic acids is 2. The van der Waals surface area contributed by atoms with Gasteiger partial charge in [-0.25, -0.2) is 0 Å². The van der Waals surface area contributed by atoms with Crippen molar-refractivity contribution in [2.45, 2.75) is 52.1 Å². The Morgan fingerprint density at radius 1 is 1.11 bits per heavy atom. The van der Waals surface area contributed by atoms with E-state index >= 15 is 0 Å². The zero-order valence-corrected chi connectivity index (χ0v) is 12.4. The van der Waals surface area contributed by atoms with Crippen molar-refractivity contribution in [3.8, 4) is 0 Å². The Balaban J connectivity index is 3.22. The lowest BCUT2D eigenvalue weighted by molar-refractivity contribution is -0.167. The van der Waals surface area contributed by atoms with Crippen molar-refractivity contribution in [2.24, 2.45) is 10.8 Å². The van der Waals surface area contributed by atoms with Gasteiger partial charge >= 0.3 is 11.9 Å². The fourth-order valence-corrected chi connectivity index (χ4v) is 3.50. The van der Waals surface area contributed by atoms with Crippen LogP contribution in [-0.2, 0) is 19.1 Å². The number of rotatable bonds is 4. The molecule has 1 aliphatic carbocycles. The Morgan fingerprint density at radius 2 is 1.63 bits per heavy atom. The second-order valence-electron chi connectivity index (χ2n) is 6.01. The number of ether oxygens (including phenoxy) is 2. The first-order valence-corrected chi connectivity index (χ1v) is 6.58. The molecule has 1 N–H and O–H groups in total. The summed E-state index contributed by atoms with van der Waals surface area (Å²) < 4.78 is 9.65. The average molecular weight is 272 g/mol. The van der Waals surface area contributed by atoms with Crippen LogP contribution in [0.3, 0.4) is 0 Å². The van der Waals surface area contributed by atoms with Crippen LogP contribution < -0.4 is 0 Å². The molecule has 0 bridgehead atoms. The van der Waals surface area contributed by atoms with Gasteiger partial charge in [-0.2, -0.15) is 0 Å². The minimum absolute atomic E-state index is 0.214. The standard InChI is InChI=1S/C14H24O5/c1-6-7-14(17)9-12(2,10(15)18-4)8-13(14,3)11(16)19-5/h17H,6-9H2,1-5H3/t12-,13-,14-/m1/s1. The van der Waals surface area contributed by atoms with E-state index in [9.17, 15) is 14.7 Å². The van der Waals surface area contributed by atoms with Gasteiger partial charge in [-0.1, -0.05) is 13.3 Å². The van der Waals surface area contributed by atoms with Crippen molar-refractivity contribution in [3.05, 3.63) is 0 Å². The molecule has 1 rings (SSSR count). The molecule has 3 atom stereocenters. The highest BCUT2D eigenvalue weighted by atomic mass is 16.5. The van der Waals surface area contributed by atoms with Gasteiger partial charge in [0.25, 0.3) is 0 Å². The number of aliphatic hydroxyl groups is 1. The van der Waals surface area contributed by atoms with Crippen molar-refractivity contribution in [1.29, 1.82) is 0 Å². The van der Waals surface area contributed by atoms with Crippen molar-refractivity contribution in [1.82, 2.24) is 0 Å². The van der Waals surface area contributed by atoms with E-state index in [1.807, 2.05) is 6.92 Å². The molecule has 5 nitrogen and oxygen atoms in total. The Morgan fingerprint density at radius 3 is 2.05 bits per heavy atom. The quantitative estimate of drug-likeness (QED) is 0.788. The van der Waals surface area contributed by atoms with E-state index in [1.165, 1.54) is 14.2 Å². The first kappa shape index (κ1) is 16.0. The van der Waals surface area contributed by atoms with E-state index in [1.54, 1.807) is 13.8 Å². The molecule has 110 valence electrons. The number of methoxy groups -OCH3 is 2. The highest BCUT2D eigenvalue weighted by molar-refractivity contribution is 5.83. The van der Waals surface area contributed by atoms with Gasteiger partial charge in [0.1, 0.15) is 0 Å². The maximum atomic E-state index is 12.1. The second kappa shape index (κ2) is 5.12. The average Bonchev–Trinajstić information content (AvgIpc) is 2.56. The minimum atomic E-state index is -1.24. The molecule has 0 unspecified atom stereocenters. The highest BCUT2D eigenvalue weighted by Crippen LogP contribution is 2.58. The third kappa shape index (κ3) is 2.36. The number of hydrogen-bond acceptors (Lipinski definition) is 5. The predicted molar refractivity (Wildman–Crippen MR) is 69.3 cm³/mol. The Labute approximate surface area is 114 Å². The third-order valence-corrected chi connectivity index (χ3v) is 4.43. The van der Waals surface area contributed by atoms with E-state index in [2.05, 4.69) is 0 Å². The van der Waals surface area contributed by atoms with Gasteiger partial charge in [0, 0.05) is 0 Å². The maximum Gasteiger partial charge on any atom is 0.314 e. The molecule has 0 aromatic rings. The van der Waals surface area contributed by atoms with Crippen LogP contribution in [0, 0.1) is 10.8 Å². The van der Waals surface area contributed by atoms with Crippen LogP contribution in [0.5, 0.6) is 0 Å². The first-order valence-electron chi connectivity index (χ1n) is 6.58. The maximum absolute atomic E-state index is 12.1. The largest absolute Gasteiger partial charge is 0.469 e. The fourth-order valence-electron chi connectivity index (χ4n) is 3.50. The third-order valence-electron chi connectivity index (χ3n) is 4.43. The van der Waals surface area contributed by atoms with Gasteiger partial charge < -0.3 is 14.6 Å². The number of esters is 2. The summed E-state index contributed by atoms with van der Waals surface area (Å²) >= 11 is 0. The zero-order chi connectivity index (χ0) is 14.9. The number of carbonyl (C=O) groups is 2. The fraction of sp³-hybridized carbons (Fsp3) is 0.857. The van der Waals surface area contributed by atoms with Gasteiger partial charge in [-0.15, -0.1) is 0 Å². The minimum Gasteiger partial charge on any atom is -0.469 e. The van der Waals surface area contributed by atoms with Crippen molar-refractivity contribution in [3.63, 3.8) is 0 Å². The lowest BCUT2D eigenvalue weighted by atomic mass is 9.73. The molecule has 0 amide bonds. The van der Waals surface area contributed by atoms with Crippen LogP contribution in [0.15, 0.2) is 0 Å². The van der Waals surface area contributed by atoms with Crippen molar-refractivity contribution >= 4 is 11.9 Å². The summed E-state index contributed by atoms with van der Waals surface area (Å²) in [5, 5.41) is 10.9. The van der Waals surface area contributed by atoms with E-state index in [-0.39, 0.29) is 12.8 Å². The Kier molecular flexibility index (Phi) is 4.30. The van der Waals surface area contributed by atoms with Crippen molar-refractivity contribution < 1.29 is 24.2 Å². The summed E-state index contributed by atoms with van der Waals surface area (Å²) in [6, 6.07) is 0. The van der Waals surface area contributed by atoms with Gasteiger partial charge in [0.2, 0.25) is 0 Å². The van der Waals surface area contributed by atoms with Gasteiger partial charge in [0.15, 0.2) is 0 Å². The van der Waals surface area contributed by atoms with Crippen LogP contribution in [0.1, 0.15) is 46.5 Å². The van der Waals surface area contributed by atoms with E-state index in [0.717, 1.165) is 6.42 Å². The molecule has 1 saturated carbocycles. The first-order chi connectivity index (χ1) is 8.69. The second-order valence-corrected chi connectivity index (χ2v) is 6.01. The Bertz CT molecular complexity index is 380. The SMILES string of the molecule is CCC[C@@]1(O)C[C@](C)(C(=O)OC)C[C@]1(C)C(=O)OC. The smallest absolute Gasteiger partial charge is 0.314 e. The van der Waals surface area contributed by atoms with Crippen LogP contribution in [0.2, 0.25) is 0 Å². The summed E-state index contributed by atoms with van der Waals surface area (Å²) in [4.78, 5) is 24.0. The molecule has 19 heavy (non-hydrogen) atoms. The highest BCUT2D eigenvalue weighted by Gasteiger charge is 2.65. The van der Waals surface area contributed by atoms with Gasteiger partial charge in [-0.05, 0) is 33.1 Å². The molecule has 0 heterocycles. The topological polar surface area (TPSA) is 72.8 Å². The van der Waals surface area contributed by atoms with Crippen molar-refractivity contribution in [2.75, 3.05) is 14.2 Å². The summed E-state index contributed by atoms with van der Waals surface area (Å²) in [5.74, 6) is -0.870. The van der Waals surface area contributed by atoms with Crippen LogP contribution in [-0.4, -0.2) is 36.9 Å². The van der Waals surface area contributed by atoms with Crippen LogP contribution in [0.25, 0.3) is 0 Å². The molecule has 0 aromatic heterocycles. The molecular formula is C14H24O5. The van der Waals surface area contributed by atoms with Crippen LogP contribution in [0.4, 0.5) is 0 Å². The van der Waals surface area contributed by atoms with Gasteiger partial charge in [0.05, 0.1) is 30.7 Å². The van der Waals surface area contributed by atoms with Gasteiger partial charge in [-0.3, -0.25) is 9.59 Å². The summed E-state index contributed by atoms with van der Waals surface area (Å²) in [7, 11) is 2.62. The molecule has 5 heteroatoms. The Hall–Kier alpha value is -1.10. The molecule has 0 aliphatic heterocycles. The molecular weight excluding hydrogens is 248 g/mol. The lowest BCUT2D eigenvalue weighted by Crippen LogP contribution is -2.47. The molecule has 0 aromatic carbocycles. The summed E-state index contributed by atoms with van der Waals surface area (Å²) in [6.45, 7) is 5.33. The number of hydrogen-bond donors (Lipinski definition) is 1. The van der Waals surface area contributed by atoms with E-state index in [0.29, 0.717) is 6.42 Å². The molecule has 0 spiro atoms. The zero-order valence-electron chi connectivity index (χ0n) is 12.4. The lowest BCUT2D eigenvalue weighted by Gasteiger charge is -2.36. The summed E-state index contributed by atoms with van der Waals surface area (Å²) in [6.07, 6.45) is 1.62. The van der Waals surface area contributed by atoms with E-state index < -0.39 is 28.4 Å². The molecule has 1 fully saturated rings. The molecule has 1 aliphatic rings. The monoisotopic (exact) mass is 272 g/mol. The predicted octanol–water partition coefficient (Wildman–Crippen LogP) is 1.67. The van der Waals surface area contributed by atoms with Crippen LogP contribution >= 0.6 is 0 Å².